The molecule has 0 spiro atoms. The maximum Gasteiger partial charge on any atom is 0.319 e. The standard InChI is InChI=1S/C9H12IN3O2/c1-15-9-11-7(10)4-8(12-9)13-3-2-6(14)5-13/h4,6,14H,2-3,5H2,1H3/t6-/m0/s1. The number of aromatic nitrogens is 2. The molecule has 1 saturated heterocycles. The van der Waals surface area contributed by atoms with Gasteiger partial charge in [0.15, 0.2) is 0 Å². The van der Waals surface area contributed by atoms with Crippen molar-refractivity contribution in [3.8, 4) is 6.01 Å². The minimum Gasteiger partial charge on any atom is -0.467 e. The maximum absolute atomic E-state index is 9.44. The van der Waals surface area contributed by atoms with Crippen molar-refractivity contribution in [2.24, 2.45) is 0 Å². The molecule has 15 heavy (non-hydrogen) atoms. The van der Waals surface area contributed by atoms with Crippen LogP contribution in [0, 0.1) is 3.70 Å². The van der Waals surface area contributed by atoms with Crippen LogP contribution >= 0.6 is 22.6 Å². The number of ether oxygens (including phenoxy) is 1. The van der Waals surface area contributed by atoms with Gasteiger partial charge in [-0.3, -0.25) is 0 Å². The van der Waals surface area contributed by atoms with Crippen LogP contribution in [0.25, 0.3) is 0 Å². The highest BCUT2D eigenvalue weighted by atomic mass is 127. The zero-order valence-electron chi connectivity index (χ0n) is 8.35. The third-order valence-electron chi connectivity index (χ3n) is 2.33. The Morgan fingerprint density at radius 2 is 2.40 bits per heavy atom. The molecular formula is C9H12IN3O2. The van der Waals surface area contributed by atoms with Gasteiger partial charge in [0.1, 0.15) is 9.52 Å². The Labute approximate surface area is 102 Å². The predicted octanol–water partition coefficient (Wildman–Crippen LogP) is 0.661. The summed E-state index contributed by atoms with van der Waals surface area (Å²) in [6, 6.07) is 2.26. The van der Waals surface area contributed by atoms with Gasteiger partial charge in [-0.2, -0.15) is 9.97 Å². The summed E-state index contributed by atoms with van der Waals surface area (Å²) in [5.41, 5.74) is 0. The molecule has 0 saturated carbocycles. The molecule has 0 bridgehead atoms. The molecule has 1 atom stereocenters. The van der Waals surface area contributed by atoms with Crippen LogP contribution in [0.5, 0.6) is 6.01 Å². The number of nitrogens with zero attached hydrogens (tertiary/aromatic N) is 3. The van der Waals surface area contributed by atoms with Gasteiger partial charge in [0.2, 0.25) is 0 Å². The van der Waals surface area contributed by atoms with E-state index < -0.39 is 0 Å². The minimum atomic E-state index is -0.247. The predicted molar refractivity (Wildman–Crippen MR) is 64.1 cm³/mol. The number of β-amino-alcohol motifs (C(OH)–C–C–N with tert-alkyl or cyclic N) is 1. The summed E-state index contributed by atoms with van der Waals surface area (Å²) < 4.78 is 5.85. The van der Waals surface area contributed by atoms with E-state index >= 15 is 0 Å². The van der Waals surface area contributed by atoms with Crippen molar-refractivity contribution in [1.29, 1.82) is 0 Å². The fraction of sp³-hybridized carbons (Fsp3) is 0.556. The van der Waals surface area contributed by atoms with E-state index in [4.69, 9.17) is 4.74 Å². The van der Waals surface area contributed by atoms with Crippen molar-refractivity contribution >= 4 is 28.4 Å². The second kappa shape index (κ2) is 4.48. The molecule has 0 unspecified atom stereocenters. The Balaban J connectivity index is 2.24. The van der Waals surface area contributed by atoms with Crippen LogP contribution in [-0.4, -0.2) is 41.4 Å². The molecule has 1 N–H and O–H groups in total. The Kier molecular flexibility index (Phi) is 3.25. The average molecular weight is 321 g/mol. The number of methoxy groups -OCH3 is 1. The number of anilines is 1. The van der Waals surface area contributed by atoms with Crippen molar-refractivity contribution in [2.45, 2.75) is 12.5 Å². The summed E-state index contributed by atoms with van der Waals surface area (Å²) in [6.45, 7) is 1.47. The molecule has 5 nitrogen and oxygen atoms in total. The molecule has 0 aliphatic carbocycles. The van der Waals surface area contributed by atoms with E-state index in [1.807, 2.05) is 11.0 Å². The van der Waals surface area contributed by atoms with Crippen molar-refractivity contribution in [1.82, 2.24) is 9.97 Å². The lowest BCUT2D eigenvalue weighted by molar-refractivity contribution is 0.198. The Morgan fingerprint density at radius 1 is 1.60 bits per heavy atom. The van der Waals surface area contributed by atoms with E-state index in [0.717, 1.165) is 22.5 Å². The molecule has 0 amide bonds. The molecule has 1 aromatic heterocycles. The average Bonchev–Trinajstić information content (AvgIpc) is 2.64. The van der Waals surface area contributed by atoms with Crippen LogP contribution < -0.4 is 9.64 Å². The third-order valence-corrected chi connectivity index (χ3v) is 2.88. The highest BCUT2D eigenvalue weighted by molar-refractivity contribution is 14.1. The zero-order chi connectivity index (χ0) is 10.8. The Hall–Kier alpha value is -0.630. The summed E-state index contributed by atoms with van der Waals surface area (Å²) in [5.74, 6) is 0.822. The molecule has 1 aliphatic rings. The van der Waals surface area contributed by atoms with Gasteiger partial charge in [-0.1, -0.05) is 0 Å². The van der Waals surface area contributed by atoms with Gasteiger partial charge in [0.25, 0.3) is 0 Å². The largest absolute Gasteiger partial charge is 0.467 e. The second-order valence-corrected chi connectivity index (χ2v) is 4.53. The Bertz CT molecular complexity index is 361. The first-order chi connectivity index (χ1) is 7.19. The van der Waals surface area contributed by atoms with Crippen molar-refractivity contribution < 1.29 is 9.84 Å². The van der Waals surface area contributed by atoms with Gasteiger partial charge in [0.05, 0.1) is 13.2 Å². The fourth-order valence-corrected chi connectivity index (χ4v) is 2.07. The minimum absolute atomic E-state index is 0.247. The quantitative estimate of drug-likeness (QED) is 0.641. The fourth-order valence-electron chi connectivity index (χ4n) is 1.59. The smallest absolute Gasteiger partial charge is 0.319 e. The van der Waals surface area contributed by atoms with Gasteiger partial charge >= 0.3 is 6.01 Å². The molecule has 1 fully saturated rings. The van der Waals surface area contributed by atoms with E-state index in [9.17, 15) is 5.11 Å². The third kappa shape index (κ3) is 2.49. The molecular weight excluding hydrogens is 309 g/mol. The van der Waals surface area contributed by atoms with Crippen LogP contribution in [0.15, 0.2) is 6.07 Å². The number of hydrogen-bond acceptors (Lipinski definition) is 5. The lowest BCUT2D eigenvalue weighted by Crippen LogP contribution is -2.22. The normalized spacial score (nSPS) is 20.7. The highest BCUT2D eigenvalue weighted by Gasteiger charge is 2.22. The molecule has 2 heterocycles. The van der Waals surface area contributed by atoms with Gasteiger partial charge in [0, 0.05) is 19.2 Å². The van der Waals surface area contributed by atoms with Crippen molar-refractivity contribution in [3.05, 3.63) is 9.77 Å². The Morgan fingerprint density at radius 3 is 3.00 bits per heavy atom. The molecule has 0 radical (unpaired) electrons. The molecule has 6 heteroatoms. The number of aliphatic hydroxyl groups excluding tert-OH is 1. The van der Waals surface area contributed by atoms with Gasteiger partial charge in [-0.25, -0.2) is 0 Å². The van der Waals surface area contributed by atoms with Crippen LogP contribution in [0.4, 0.5) is 5.82 Å². The summed E-state index contributed by atoms with van der Waals surface area (Å²) in [7, 11) is 1.55. The van der Waals surface area contributed by atoms with Crippen LogP contribution in [0.1, 0.15) is 6.42 Å². The van der Waals surface area contributed by atoms with Crippen LogP contribution in [0.2, 0.25) is 0 Å². The first-order valence-corrected chi connectivity index (χ1v) is 5.78. The number of rotatable bonds is 2. The molecule has 2 rings (SSSR count). The van der Waals surface area contributed by atoms with Crippen molar-refractivity contribution in [2.75, 3.05) is 25.1 Å². The van der Waals surface area contributed by atoms with Gasteiger partial charge in [-0.15, -0.1) is 0 Å². The number of aliphatic hydroxyl groups is 1. The van der Waals surface area contributed by atoms with Gasteiger partial charge in [-0.05, 0) is 29.0 Å². The molecule has 82 valence electrons. The molecule has 0 aromatic carbocycles. The van der Waals surface area contributed by atoms with E-state index in [1.54, 1.807) is 7.11 Å². The second-order valence-electron chi connectivity index (χ2n) is 3.42. The summed E-state index contributed by atoms with van der Waals surface area (Å²) in [4.78, 5) is 10.4. The lowest BCUT2D eigenvalue weighted by Gasteiger charge is -2.16. The lowest BCUT2D eigenvalue weighted by atomic mass is 10.3. The SMILES string of the molecule is COc1nc(I)cc(N2CC[C@H](O)C2)n1. The van der Waals surface area contributed by atoms with Crippen LogP contribution in [0.3, 0.4) is 0 Å². The van der Waals surface area contributed by atoms with Crippen molar-refractivity contribution in [3.63, 3.8) is 0 Å². The van der Waals surface area contributed by atoms with E-state index in [-0.39, 0.29) is 6.10 Å². The number of halogens is 1. The summed E-state index contributed by atoms with van der Waals surface area (Å²) in [6.07, 6.45) is 0.548. The number of hydrogen-bond donors (Lipinski definition) is 1. The summed E-state index contributed by atoms with van der Waals surface area (Å²) in [5, 5.41) is 9.44. The summed E-state index contributed by atoms with van der Waals surface area (Å²) >= 11 is 2.13. The first-order valence-electron chi connectivity index (χ1n) is 4.70. The van der Waals surface area contributed by atoms with Crippen LogP contribution in [-0.2, 0) is 0 Å². The maximum atomic E-state index is 9.44. The first kappa shape index (κ1) is 10.9. The van der Waals surface area contributed by atoms with Gasteiger partial charge < -0.3 is 14.7 Å². The molecule has 1 aliphatic heterocycles. The van der Waals surface area contributed by atoms with E-state index in [2.05, 4.69) is 32.6 Å². The van der Waals surface area contributed by atoms with E-state index in [0.29, 0.717) is 12.6 Å². The zero-order valence-corrected chi connectivity index (χ0v) is 10.5. The highest BCUT2D eigenvalue weighted by Crippen LogP contribution is 2.21. The molecule has 1 aromatic rings. The topological polar surface area (TPSA) is 58.5 Å². The monoisotopic (exact) mass is 321 g/mol. The van der Waals surface area contributed by atoms with E-state index in [1.165, 1.54) is 0 Å².